The van der Waals surface area contributed by atoms with E-state index in [1.165, 1.54) is 0 Å². The second-order valence-corrected chi connectivity index (χ2v) is 6.11. The number of rotatable bonds is 8. The highest BCUT2D eigenvalue weighted by atomic mass is 16.5. The van der Waals surface area contributed by atoms with Crippen LogP contribution < -0.4 is 14.8 Å². The number of anilines is 1. The molecular weight excluding hydrogens is 354 g/mol. The molecule has 0 aliphatic carbocycles. The van der Waals surface area contributed by atoms with Crippen LogP contribution in [0.3, 0.4) is 0 Å². The number of ether oxygens (including phenoxy) is 2. The smallest absolute Gasteiger partial charge is 0.224 e. The molecule has 0 aliphatic heterocycles. The summed E-state index contributed by atoms with van der Waals surface area (Å²) >= 11 is 0. The Hall–Kier alpha value is -3.60. The van der Waals surface area contributed by atoms with Gasteiger partial charge < -0.3 is 14.8 Å². The van der Waals surface area contributed by atoms with Crippen molar-refractivity contribution in [3.05, 3.63) is 84.4 Å². The maximum absolute atomic E-state index is 12.1. The molecule has 0 atom stereocenters. The number of carbonyl (C=O) groups is 2. The Morgan fingerprint density at radius 3 is 2.11 bits per heavy atom. The molecule has 0 saturated heterocycles. The number of ketones is 1. The van der Waals surface area contributed by atoms with Gasteiger partial charge in [0.25, 0.3) is 0 Å². The molecule has 0 radical (unpaired) electrons. The van der Waals surface area contributed by atoms with Gasteiger partial charge in [-0.25, -0.2) is 0 Å². The average Bonchev–Trinajstić information content (AvgIpc) is 2.74. The molecule has 28 heavy (non-hydrogen) atoms. The van der Waals surface area contributed by atoms with Crippen LogP contribution >= 0.6 is 0 Å². The van der Waals surface area contributed by atoms with Crippen LogP contribution in [0.15, 0.2) is 78.9 Å². The van der Waals surface area contributed by atoms with Crippen LogP contribution in [0.4, 0.5) is 5.69 Å². The van der Waals surface area contributed by atoms with Crippen molar-refractivity contribution in [1.82, 2.24) is 0 Å². The van der Waals surface area contributed by atoms with E-state index in [-0.39, 0.29) is 24.5 Å². The number of hydrogen-bond acceptors (Lipinski definition) is 4. The van der Waals surface area contributed by atoms with Gasteiger partial charge in [-0.15, -0.1) is 0 Å². The van der Waals surface area contributed by atoms with E-state index < -0.39 is 0 Å². The molecule has 3 aromatic rings. The molecule has 1 amide bonds. The van der Waals surface area contributed by atoms with Crippen LogP contribution in [-0.4, -0.2) is 18.8 Å². The van der Waals surface area contributed by atoms with Crippen molar-refractivity contribution in [2.75, 3.05) is 12.4 Å². The van der Waals surface area contributed by atoms with Gasteiger partial charge in [-0.2, -0.15) is 0 Å². The normalized spacial score (nSPS) is 10.2. The predicted octanol–water partition coefficient (Wildman–Crippen LogP) is 5.09. The molecular formula is C23H21NO4. The first-order chi connectivity index (χ1) is 13.7. The molecule has 5 nitrogen and oxygen atoms in total. The number of benzene rings is 3. The second-order valence-electron chi connectivity index (χ2n) is 6.11. The summed E-state index contributed by atoms with van der Waals surface area (Å²) in [4.78, 5) is 24.2. The van der Waals surface area contributed by atoms with E-state index in [0.717, 1.165) is 0 Å². The molecule has 0 spiro atoms. The summed E-state index contributed by atoms with van der Waals surface area (Å²) in [7, 11) is 1.59. The fourth-order valence-corrected chi connectivity index (χ4v) is 2.66. The number of nitrogens with one attached hydrogen (secondary N) is 1. The van der Waals surface area contributed by atoms with Gasteiger partial charge in [-0.3, -0.25) is 9.59 Å². The third-order valence-corrected chi connectivity index (χ3v) is 4.11. The molecule has 1 N–H and O–H groups in total. The summed E-state index contributed by atoms with van der Waals surface area (Å²) in [5, 5.41) is 2.79. The fraction of sp³-hybridized carbons (Fsp3) is 0.130. The zero-order chi connectivity index (χ0) is 19.8. The van der Waals surface area contributed by atoms with Crippen molar-refractivity contribution in [2.24, 2.45) is 0 Å². The van der Waals surface area contributed by atoms with Crippen molar-refractivity contribution in [3.8, 4) is 17.2 Å². The lowest BCUT2D eigenvalue weighted by molar-refractivity contribution is -0.116. The maximum Gasteiger partial charge on any atom is 0.224 e. The Morgan fingerprint density at radius 2 is 1.43 bits per heavy atom. The fourth-order valence-electron chi connectivity index (χ4n) is 2.66. The largest absolute Gasteiger partial charge is 0.493 e. The van der Waals surface area contributed by atoms with Crippen LogP contribution in [0, 0.1) is 0 Å². The number of hydrogen-bond donors (Lipinski definition) is 1. The first-order valence-corrected chi connectivity index (χ1v) is 8.95. The van der Waals surface area contributed by atoms with E-state index in [0.29, 0.717) is 28.5 Å². The third-order valence-electron chi connectivity index (χ3n) is 4.11. The third kappa shape index (κ3) is 5.20. The Bertz CT molecular complexity index is 936. The SMILES string of the molecule is COc1ccccc1Oc1ccc(NC(=O)CCC(=O)c2ccccc2)cc1. The molecule has 0 bridgehead atoms. The molecule has 142 valence electrons. The average molecular weight is 375 g/mol. The number of amides is 1. The maximum atomic E-state index is 12.1. The Kier molecular flexibility index (Phi) is 6.41. The number of Topliss-reactive ketones (excluding diaryl/α,β-unsaturated/α-hetero) is 1. The quantitative estimate of drug-likeness (QED) is 0.557. The van der Waals surface area contributed by atoms with Crippen LogP contribution in [0.5, 0.6) is 17.2 Å². The van der Waals surface area contributed by atoms with Crippen molar-refractivity contribution < 1.29 is 19.1 Å². The van der Waals surface area contributed by atoms with E-state index in [1.54, 1.807) is 43.5 Å². The monoisotopic (exact) mass is 375 g/mol. The summed E-state index contributed by atoms with van der Waals surface area (Å²) in [5.74, 6) is 1.63. The highest BCUT2D eigenvalue weighted by Crippen LogP contribution is 2.31. The highest BCUT2D eigenvalue weighted by Gasteiger charge is 2.10. The zero-order valence-electron chi connectivity index (χ0n) is 15.6. The van der Waals surface area contributed by atoms with Gasteiger partial charge in [0.2, 0.25) is 5.91 Å². The minimum atomic E-state index is -0.206. The lowest BCUT2D eigenvalue weighted by Crippen LogP contribution is -2.13. The standard InChI is InChI=1S/C23H21NO4/c1-27-21-9-5-6-10-22(21)28-19-13-11-18(12-14-19)24-23(26)16-15-20(25)17-7-3-2-4-8-17/h2-14H,15-16H2,1H3,(H,24,26). The number of methoxy groups -OCH3 is 1. The summed E-state index contributed by atoms with van der Waals surface area (Å²) in [5.41, 5.74) is 1.26. The predicted molar refractivity (Wildman–Crippen MR) is 108 cm³/mol. The molecule has 0 heterocycles. The van der Waals surface area contributed by atoms with Gasteiger partial charge in [-0.05, 0) is 36.4 Å². The molecule has 3 aromatic carbocycles. The molecule has 0 aromatic heterocycles. The van der Waals surface area contributed by atoms with Crippen LogP contribution in [-0.2, 0) is 4.79 Å². The summed E-state index contributed by atoms with van der Waals surface area (Å²) in [6, 6.07) is 23.4. The minimum Gasteiger partial charge on any atom is -0.493 e. The number of para-hydroxylation sites is 2. The van der Waals surface area contributed by atoms with Crippen molar-refractivity contribution in [1.29, 1.82) is 0 Å². The van der Waals surface area contributed by atoms with Gasteiger partial charge in [0, 0.05) is 24.1 Å². The lowest BCUT2D eigenvalue weighted by Gasteiger charge is -2.11. The van der Waals surface area contributed by atoms with Crippen molar-refractivity contribution >= 4 is 17.4 Å². The molecule has 0 aliphatic rings. The summed E-state index contributed by atoms with van der Waals surface area (Å²) in [6.07, 6.45) is 0.304. The topological polar surface area (TPSA) is 64.6 Å². The number of carbonyl (C=O) groups excluding carboxylic acids is 2. The van der Waals surface area contributed by atoms with Gasteiger partial charge in [-0.1, -0.05) is 42.5 Å². The first-order valence-electron chi connectivity index (χ1n) is 8.95. The summed E-state index contributed by atoms with van der Waals surface area (Å²) < 4.78 is 11.1. The van der Waals surface area contributed by atoms with Gasteiger partial charge in [0.15, 0.2) is 17.3 Å². The molecule has 0 fully saturated rings. The highest BCUT2D eigenvalue weighted by molar-refractivity contribution is 5.99. The Morgan fingerprint density at radius 1 is 0.786 bits per heavy atom. The van der Waals surface area contributed by atoms with E-state index in [1.807, 2.05) is 42.5 Å². The van der Waals surface area contributed by atoms with E-state index in [9.17, 15) is 9.59 Å². The van der Waals surface area contributed by atoms with E-state index in [2.05, 4.69) is 5.32 Å². The van der Waals surface area contributed by atoms with Crippen LogP contribution in [0.2, 0.25) is 0 Å². The van der Waals surface area contributed by atoms with Gasteiger partial charge in [0.1, 0.15) is 5.75 Å². The van der Waals surface area contributed by atoms with Gasteiger partial charge >= 0.3 is 0 Å². The molecule has 0 saturated carbocycles. The van der Waals surface area contributed by atoms with E-state index in [4.69, 9.17) is 9.47 Å². The van der Waals surface area contributed by atoms with Gasteiger partial charge in [0.05, 0.1) is 7.11 Å². The van der Waals surface area contributed by atoms with Crippen LogP contribution in [0.1, 0.15) is 23.2 Å². The zero-order valence-corrected chi connectivity index (χ0v) is 15.6. The van der Waals surface area contributed by atoms with Crippen molar-refractivity contribution in [3.63, 3.8) is 0 Å². The second kappa shape index (κ2) is 9.37. The Balaban J connectivity index is 1.52. The molecule has 5 heteroatoms. The van der Waals surface area contributed by atoms with Crippen molar-refractivity contribution in [2.45, 2.75) is 12.8 Å². The van der Waals surface area contributed by atoms with E-state index >= 15 is 0 Å². The first kappa shape index (κ1) is 19.2. The minimum absolute atomic E-state index is 0.0451. The Labute approximate surface area is 163 Å². The van der Waals surface area contributed by atoms with Crippen LogP contribution in [0.25, 0.3) is 0 Å². The molecule has 3 rings (SSSR count). The molecule has 0 unspecified atom stereocenters. The summed E-state index contributed by atoms with van der Waals surface area (Å²) in [6.45, 7) is 0. The lowest BCUT2D eigenvalue weighted by atomic mass is 10.1.